The molecule has 1 rings (SSSR count). The first-order valence-electron chi connectivity index (χ1n) is 4.99. The third kappa shape index (κ3) is 4.69. The van der Waals surface area contributed by atoms with Crippen LogP contribution in [0.4, 0.5) is 0 Å². The van der Waals surface area contributed by atoms with Crippen molar-refractivity contribution in [3.63, 3.8) is 0 Å². The molecule has 0 saturated carbocycles. The van der Waals surface area contributed by atoms with Crippen LogP contribution in [0.2, 0.25) is 0 Å². The summed E-state index contributed by atoms with van der Waals surface area (Å²) in [4.78, 5) is 6.54. The van der Waals surface area contributed by atoms with Crippen molar-refractivity contribution in [1.29, 1.82) is 0 Å². The summed E-state index contributed by atoms with van der Waals surface area (Å²) in [5, 5.41) is 2.10. The van der Waals surface area contributed by atoms with Gasteiger partial charge in [0.2, 0.25) is 0 Å². The van der Waals surface area contributed by atoms with Crippen molar-refractivity contribution in [2.75, 3.05) is 13.6 Å². The van der Waals surface area contributed by atoms with E-state index >= 15 is 0 Å². The van der Waals surface area contributed by atoms with Crippen molar-refractivity contribution >= 4 is 11.3 Å². The molecule has 1 atom stereocenters. The first kappa shape index (κ1) is 11.6. The van der Waals surface area contributed by atoms with Crippen molar-refractivity contribution in [2.24, 2.45) is 5.73 Å². The maximum Gasteiger partial charge on any atom is 0.0795 e. The Bertz CT molecular complexity index is 234. The fourth-order valence-corrected chi connectivity index (χ4v) is 1.90. The number of aromatic nitrogens is 1. The lowest BCUT2D eigenvalue weighted by Crippen LogP contribution is -2.22. The van der Waals surface area contributed by atoms with Crippen LogP contribution in [-0.4, -0.2) is 29.5 Å². The van der Waals surface area contributed by atoms with Crippen molar-refractivity contribution in [2.45, 2.75) is 32.4 Å². The van der Waals surface area contributed by atoms with Crippen LogP contribution in [0.5, 0.6) is 0 Å². The van der Waals surface area contributed by atoms with Crippen LogP contribution < -0.4 is 5.73 Å². The van der Waals surface area contributed by atoms with Gasteiger partial charge in [-0.2, -0.15) is 0 Å². The largest absolute Gasteiger partial charge is 0.328 e. The third-order valence-corrected chi connectivity index (χ3v) is 2.75. The van der Waals surface area contributed by atoms with Gasteiger partial charge in [0.05, 0.1) is 11.2 Å². The Labute approximate surface area is 89.9 Å². The van der Waals surface area contributed by atoms with Crippen molar-refractivity contribution in [3.05, 3.63) is 16.6 Å². The molecule has 0 aromatic carbocycles. The van der Waals surface area contributed by atoms with E-state index in [0.717, 1.165) is 25.9 Å². The van der Waals surface area contributed by atoms with E-state index in [4.69, 9.17) is 5.73 Å². The first-order valence-corrected chi connectivity index (χ1v) is 5.94. The molecule has 0 aliphatic heterocycles. The molecule has 1 aromatic rings. The molecule has 0 fully saturated rings. The van der Waals surface area contributed by atoms with E-state index < -0.39 is 0 Å². The highest BCUT2D eigenvalue weighted by Gasteiger charge is 2.02. The summed E-state index contributed by atoms with van der Waals surface area (Å²) < 4.78 is 0. The van der Waals surface area contributed by atoms with Crippen LogP contribution in [0.25, 0.3) is 0 Å². The highest BCUT2D eigenvalue weighted by molar-refractivity contribution is 7.07. The third-order valence-electron chi connectivity index (χ3n) is 2.11. The summed E-state index contributed by atoms with van der Waals surface area (Å²) >= 11 is 1.65. The molecule has 4 heteroatoms. The van der Waals surface area contributed by atoms with Gasteiger partial charge < -0.3 is 10.6 Å². The topological polar surface area (TPSA) is 42.1 Å². The minimum atomic E-state index is 0.322. The van der Waals surface area contributed by atoms with Crippen molar-refractivity contribution in [1.82, 2.24) is 9.88 Å². The number of hydrogen-bond donors (Lipinski definition) is 1. The van der Waals surface area contributed by atoms with Gasteiger partial charge in [0, 0.05) is 18.0 Å². The van der Waals surface area contributed by atoms with Crippen molar-refractivity contribution in [3.8, 4) is 0 Å². The summed E-state index contributed by atoms with van der Waals surface area (Å²) in [5.74, 6) is 0. The monoisotopic (exact) mass is 213 g/mol. The van der Waals surface area contributed by atoms with Gasteiger partial charge in [-0.1, -0.05) is 0 Å². The average Bonchev–Trinajstić information content (AvgIpc) is 2.56. The van der Waals surface area contributed by atoms with E-state index in [1.165, 1.54) is 5.69 Å². The van der Waals surface area contributed by atoms with E-state index in [0.29, 0.717) is 6.04 Å². The Morgan fingerprint density at radius 1 is 1.64 bits per heavy atom. The quantitative estimate of drug-likeness (QED) is 0.782. The summed E-state index contributed by atoms with van der Waals surface area (Å²) in [5.41, 5.74) is 8.73. The lowest BCUT2D eigenvalue weighted by Gasteiger charge is -2.15. The molecule has 2 N–H and O–H groups in total. The lowest BCUT2D eigenvalue weighted by atomic mass is 10.2. The second kappa shape index (κ2) is 6.11. The number of hydrogen-bond acceptors (Lipinski definition) is 4. The van der Waals surface area contributed by atoms with Crippen LogP contribution in [0.3, 0.4) is 0 Å². The maximum absolute atomic E-state index is 5.69. The number of rotatable bonds is 6. The zero-order chi connectivity index (χ0) is 10.4. The smallest absolute Gasteiger partial charge is 0.0795 e. The van der Waals surface area contributed by atoms with E-state index in [1.807, 2.05) is 5.51 Å². The Balaban J connectivity index is 2.13. The predicted molar refractivity (Wildman–Crippen MR) is 61.3 cm³/mol. The van der Waals surface area contributed by atoms with Crippen LogP contribution in [0, 0.1) is 0 Å². The SMILES string of the molecule is CC(N)CCCN(C)Cc1cscn1. The fraction of sp³-hybridized carbons (Fsp3) is 0.700. The Kier molecular flexibility index (Phi) is 5.07. The highest BCUT2D eigenvalue weighted by Crippen LogP contribution is 2.05. The summed E-state index contributed by atoms with van der Waals surface area (Å²) in [6, 6.07) is 0.322. The second-order valence-electron chi connectivity index (χ2n) is 3.84. The Hall–Kier alpha value is -0.450. The normalized spacial score (nSPS) is 13.4. The molecule has 3 nitrogen and oxygen atoms in total. The zero-order valence-corrected chi connectivity index (χ0v) is 9.76. The Morgan fingerprint density at radius 3 is 3.00 bits per heavy atom. The molecular formula is C10H19N3S. The van der Waals surface area contributed by atoms with Gasteiger partial charge in [-0.05, 0) is 33.4 Å². The molecule has 0 saturated heterocycles. The van der Waals surface area contributed by atoms with E-state index in [-0.39, 0.29) is 0 Å². The zero-order valence-electron chi connectivity index (χ0n) is 8.94. The van der Waals surface area contributed by atoms with Gasteiger partial charge in [-0.15, -0.1) is 11.3 Å². The van der Waals surface area contributed by atoms with Crippen LogP contribution in [-0.2, 0) is 6.54 Å². The molecule has 0 amide bonds. The van der Waals surface area contributed by atoms with E-state index in [9.17, 15) is 0 Å². The van der Waals surface area contributed by atoms with Gasteiger partial charge in [0.1, 0.15) is 0 Å². The molecule has 1 aromatic heterocycles. The molecule has 1 heterocycles. The maximum atomic E-state index is 5.69. The molecule has 0 aliphatic carbocycles. The van der Waals surface area contributed by atoms with Gasteiger partial charge in [0.25, 0.3) is 0 Å². The van der Waals surface area contributed by atoms with E-state index in [1.54, 1.807) is 11.3 Å². The average molecular weight is 213 g/mol. The minimum absolute atomic E-state index is 0.322. The summed E-state index contributed by atoms with van der Waals surface area (Å²) in [6.45, 7) is 4.10. The standard InChI is InChI=1S/C10H19N3S/c1-9(11)4-3-5-13(2)6-10-7-14-8-12-10/h7-9H,3-6,11H2,1-2H3. The van der Waals surface area contributed by atoms with Gasteiger partial charge >= 0.3 is 0 Å². The number of nitrogens with zero attached hydrogens (tertiary/aromatic N) is 2. The van der Waals surface area contributed by atoms with Crippen molar-refractivity contribution < 1.29 is 0 Å². The highest BCUT2D eigenvalue weighted by atomic mass is 32.1. The molecule has 80 valence electrons. The molecular weight excluding hydrogens is 194 g/mol. The number of nitrogens with two attached hydrogens (primary N) is 1. The molecule has 0 spiro atoms. The molecule has 0 radical (unpaired) electrons. The molecule has 0 bridgehead atoms. The van der Waals surface area contributed by atoms with Crippen LogP contribution in [0.15, 0.2) is 10.9 Å². The molecule has 0 aliphatic rings. The molecule has 14 heavy (non-hydrogen) atoms. The number of thiazole rings is 1. The predicted octanol–water partition coefficient (Wildman–Crippen LogP) is 1.70. The summed E-state index contributed by atoms with van der Waals surface area (Å²) in [7, 11) is 2.13. The van der Waals surface area contributed by atoms with Gasteiger partial charge in [-0.3, -0.25) is 0 Å². The van der Waals surface area contributed by atoms with Crippen LogP contribution in [0.1, 0.15) is 25.5 Å². The summed E-state index contributed by atoms with van der Waals surface area (Å²) in [6.07, 6.45) is 2.26. The fourth-order valence-electron chi connectivity index (χ4n) is 1.35. The first-order chi connectivity index (χ1) is 6.68. The van der Waals surface area contributed by atoms with Crippen LogP contribution >= 0.6 is 11.3 Å². The lowest BCUT2D eigenvalue weighted by molar-refractivity contribution is 0.312. The minimum Gasteiger partial charge on any atom is -0.328 e. The van der Waals surface area contributed by atoms with Gasteiger partial charge in [-0.25, -0.2) is 4.98 Å². The molecule has 1 unspecified atom stereocenters. The van der Waals surface area contributed by atoms with Gasteiger partial charge in [0.15, 0.2) is 0 Å². The Morgan fingerprint density at radius 2 is 2.43 bits per heavy atom. The second-order valence-corrected chi connectivity index (χ2v) is 4.56. The van der Waals surface area contributed by atoms with E-state index in [2.05, 4.69) is 29.2 Å².